The van der Waals surface area contributed by atoms with Crippen LogP contribution in [0.15, 0.2) is 0 Å². The van der Waals surface area contributed by atoms with Gasteiger partial charge in [-0.15, -0.1) is 0 Å². The Bertz CT molecular complexity index is 158. The van der Waals surface area contributed by atoms with Crippen LogP contribution in [0.25, 0.3) is 0 Å². The van der Waals surface area contributed by atoms with Crippen LogP contribution in [0.5, 0.6) is 0 Å². The second kappa shape index (κ2) is 5.40. The molecule has 5 heteroatoms. The summed E-state index contributed by atoms with van der Waals surface area (Å²) < 4.78 is 9.30. The maximum Gasteiger partial charge on any atom is 0.188 e. The van der Waals surface area contributed by atoms with Crippen molar-refractivity contribution in [2.75, 3.05) is 14.2 Å². The SMILES string of the molecule is COC(=S)CC(O)C(=S)OC. The molecule has 0 saturated heterocycles. The van der Waals surface area contributed by atoms with E-state index in [1.54, 1.807) is 0 Å². The van der Waals surface area contributed by atoms with Crippen LogP contribution in [0.3, 0.4) is 0 Å². The van der Waals surface area contributed by atoms with Gasteiger partial charge >= 0.3 is 0 Å². The third-order valence-corrected chi connectivity index (χ3v) is 1.83. The highest BCUT2D eigenvalue weighted by molar-refractivity contribution is 7.80. The second-order valence-corrected chi connectivity index (χ2v) is 2.68. The van der Waals surface area contributed by atoms with Crippen LogP contribution in [-0.2, 0) is 9.47 Å². The van der Waals surface area contributed by atoms with Gasteiger partial charge in [0.1, 0.15) is 6.10 Å². The predicted octanol–water partition coefficient (Wildman–Crippen LogP) is 0.685. The molecule has 0 amide bonds. The topological polar surface area (TPSA) is 38.7 Å². The molecule has 1 atom stereocenters. The molecule has 0 aliphatic carbocycles. The van der Waals surface area contributed by atoms with Crippen molar-refractivity contribution in [1.29, 1.82) is 0 Å². The van der Waals surface area contributed by atoms with Gasteiger partial charge in [-0.25, -0.2) is 0 Å². The van der Waals surface area contributed by atoms with Gasteiger partial charge in [0.2, 0.25) is 0 Å². The van der Waals surface area contributed by atoms with E-state index in [9.17, 15) is 5.11 Å². The Hall–Kier alpha value is -0.260. The van der Waals surface area contributed by atoms with E-state index in [-0.39, 0.29) is 11.5 Å². The first-order valence-electron chi connectivity index (χ1n) is 2.94. The number of ether oxygens (including phenoxy) is 2. The Labute approximate surface area is 76.3 Å². The Morgan fingerprint density at radius 1 is 1.36 bits per heavy atom. The van der Waals surface area contributed by atoms with Gasteiger partial charge in [0.05, 0.1) is 20.6 Å². The van der Waals surface area contributed by atoms with Gasteiger partial charge in [-0.05, 0) is 24.4 Å². The van der Waals surface area contributed by atoms with Crippen LogP contribution >= 0.6 is 24.4 Å². The summed E-state index contributed by atoms with van der Waals surface area (Å²) in [6, 6.07) is 0. The first kappa shape index (κ1) is 10.7. The van der Waals surface area contributed by atoms with Gasteiger partial charge in [0.25, 0.3) is 0 Å². The Morgan fingerprint density at radius 3 is 2.27 bits per heavy atom. The van der Waals surface area contributed by atoms with E-state index < -0.39 is 6.10 Å². The minimum atomic E-state index is -0.845. The smallest absolute Gasteiger partial charge is 0.188 e. The number of hydrogen-bond acceptors (Lipinski definition) is 5. The van der Waals surface area contributed by atoms with E-state index in [0.717, 1.165) is 0 Å². The zero-order valence-corrected chi connectivity index (χ0v) is 8.00. The third-order valence-electron chi connectivity index (χ3n) is 1.06. The average Bonchev–Trinajstić information content (AvgIpc) is 2.02. The van der Waals surface area contributed by atoms with Gasteiger partial charge in [-0.3, -0.25) is 0 Å². The molecule has 0 radical (unpaired) electrons. The summed E-state index contributed by atoms with van der Waals surface area (Å²) in [6.07, 6.45) is -0.638. The summed E-state index contributed by atoms with van der Waals surface area (Å²) in [5, 5.41) is 9.63. The molecule has 0 bridgehead atoms. The van der Waals surface area contributed by atoms with Crippen LogP contribution in [0.1, 0.15) is 6.42 Å². The lowest BCUT2D eigenvalue weighted by Crippen LogP contribution is -2.23. The van der Waals surface area contributed by atoms with E-state index >= 15 is 0 Å². The summed E-state index contributed by atoms with van der Waals surface area (Å²) in [5.41, 5.74) is 0. The standard InChI is InChI=1S/C6H10O3S2/c1-8-5(10)3-4(7)6(11)9-2/h4,7H,3H2,1-2H3. The molecule has 11 heavy (non-hydrogen) atoms. The predicted molar refractivity (Wildman–Crippen MR) is 49.8 cm³/mol. The second-order valence-electron chi connectivity index (χ2n) is 1.82. The van der Waals surface area contributed by atoms with Crippen molar-refractivity contribution in [1.82, 2.24) is 0 Å². The summed E-state index contributed by atoms with van der Waals surface area (Å²) in [6.45, 7) is 0. The molecule has 1 unspecified atom stereocenters. The molecule has 1 N–H and O–H groups in total. The number of aliphatic hydroxyl groups is 1. The Kier molecular flexibility index (Phi) is 5.27. The fourth-order valence-corrected chi connectivity index (χ4v) is 0.702. The van der Waals surface area contributed by atoms with Crippen molar-refractivity contribution in [2.24, 2.45) is 0 Å². The maximum absolute atomic E-state index is 9.19. The highest BCUT2D eigenvalue weighted by Gasteiger charge is 2.13. The van der Waals surface area contributed by atoms with Crippen LogP contribution in [0.4, 0.5) is 0 Å². The van der Waals surface area contributed by atoms with E-state index in [2.05, 4.69) is 21.7 Å². The van der Waals surface area contributed by atoms with E-state index in [4.69, 9.17) is 12.2 Å². The van der Waals surface area contributed by atoms with Crippen LogP contribution < -0.4 is 0 Å². The van der Waals surface area contributed by atoms with Crippen LogP contribution in [-0.4, -0.2) is 35.5 Å². The summed E-state index contributed by atoms with van der Waals surface area (Å²) in [5.74, 6) is 0. The normalized spacial score (nSPS) is 11.9. The molecule has 0 aromatic heterocycles. The molecular formula is C6H10O3S2. The van der Waals surface area contributed by atoms with Crippen molar-refractivity contribution in [3.8, 4) is 0 Å². The molecular weight excluding hydrogens is 184 g/mol. The van der Waals surface area contributed by atoms with E-state index in [0.29, 0.717) is 5.05 Å². The number of hydrogen-bond donors (Lipinski definition) is 1. The third kappa shape index (κ3) is 4.23. The minimum Gasteiger partial charge on any atom is -0.490 e. The Morgan fingerprint density at radius 2 is 1.91 bits per heavy atom. The van der Waals surface area contributed by atoms with Crippen molar-refractivity contribution in [2.45, 2.75) is 12.5 Å². The average molecular weight is 194 g/mol. The van der Waals surface area contributed by atoms with Gasteiger partial charge in [0.15, 0.2) is 10.1 Å². The van der Waals surface area contributed by atoms with Gasteiger partial charge < -0.3 is 14.6 Å². The van der Waals surface area contributed by atoms with E-state index in [1.807, 2.05) is 0 Å². The lowest BCUT2D eigenvalue weighted by Gasteiger charge is -2.09. The number of aliphatic hydroxyl groups excluding tert-OH is 1. The fourth-order valence-electron chi connectivity index (χ4n) is 0.461. The molecule has 0 aliphatic heterocycles. The van der Waals surface area contributed by atoms with Crippen molar-refractivity contribution in [3.05, 3.63) is 0 Å². The minimum absolute atomic E-state index is 0.129. The molecule has 0 spiro atoms. The first-order chi connectivity index (χ1) is 5.11. The molecule has 0 aromatic rings. The van der Waals surface area contributed by atoms with Crippen molar-refractivity contribution in [3.63, 3.8) is 0 Å². The summed E-state index contributed by atoms with van der Waals surface area (Å²) >= 11 is 9.36. The molecule has 3 nitrogen and oxygen atoms in total. The Balaban J connectivity index is 3.77. The molecule has 0 saturated carbocycles. The monoisotopic (exact) mass is 194 g/mol. The van der Waals surface area contributed by atoms with Crippen molar-refractivity contribution >= 4 is 34.5 Å². The molecule has 64 valence electrons. The zero-order valence-electron chi connectivity index (χ0n) is 6.36. The number of rotatable bonds is 3. The van der Waals surface area contributed by atoms with Gasteiger partial charge in [-0.2, -0.15) is 0 Å². The summed E-state index contributed by atoms with van der Waals surface area (Å²) in [4.78, 5) is 0. The summed E-state index contributed by atoms with van der Waals surface area (Å²) in [7, 11) is 2.85. The highest BCUT2D eigenvalue weighted by atomic mass is 32.1. The quantitative estimate of drug-likeness (QED) is 0.669. The lowest BCUT2D eigenvalue weighted by atomic mass is 10.3. The maximum atomic E-state index is 9.19. The number of thiocarbonyl (C=S) groups is 2. The van der Waals surface area contributed by atoms with Crippen LogP contribution in [0.2, 0.25) is 0 Å². The first-order valence-corrected chi connectivity index (χ1v) is 3.76. The molecule has 0 aromatic carbocycles. The molecule has 0 heterocycles. The zero-order chi connectivity index (χ0) is 8.85. The van der Waals surface area contributed by atoms with E-state index in [1.165, 1.54) is 14.2 Å². The lowest BCUT2D eigenvalue weighted by molar-refractivity contribution is 0.209. The van der Waals surface area contributed by atoms with Gasteiger partial charge in [-0.1, -0.05) is 0 Å². The van der Waals surface area contributed by atoms with Gasteiger partial charge in [0, 0.05) is 0 Å². The molecule has 0 rings (SSSR count). The van der Waals surface area contributed by atoms with Crippen molar-refractivity contribution < 1.29 is 14.6 Å². The molecule has 0 fully saturated rings. The van der Waals surface area contributed by atoms with Crippen LogP contribution in [0, 0.1) is 0 Å². The number of methoxy groups -OCH3 is 2. The highest BCUT2D eigenvalue weighted by Crippen LogP contribution is 1.99. The fraction of sp³-hybridized carbons (Fsp3) is 0.667. The largest absolute Gasteiger partial charge is 0.490 e. The molecule has 0 aliphatic rings.